The van der Waals surface area contributed by atoms with Crippen LogP contribution in [0.5, 0.6) is 0 Å². The Hall–Kier alpha value is -1.99. The van der Waals surface area contributed by atoms with Gasteiger partial charge in [-0.15, -0.1) is 11.3 Å². The van der Waals surface area contributed by atoms with Crippen molar-refractivity contribution < 1.29 is 4.79 Å². The number of aryl methyl sites for hydroxylation is 1. The minimum absolute atomic E-state index is 0.0684. The van der Waals surface area contributed by atoms with Gasteiger partial charge in [0.2, 0.25) is 0 Å². The third kappa shape index (κ3) is 3.20. The van der Waals surface area contributed by atoms with Crippen molar-refractivity contribution in [2.24, 2.45) is 0 Å². The summed E-state index contributed by atoms with van der Waals surface area (Å²) in [6.45, 7) is 3.03. The minimum atomic E-state index is -0.0684. The molecule has 7 heteroatoms. The summed E-state index contributed by atoms with van der Waals surface area (Å²) in [6.07, 6.45) is 0. The highest BCUT2D eigenvalue weighted by Crippen LogP contribution is 2.24. The molecule has 0 aliphatic carbocycles. The van der Waals surface area contributed by atoms with Crippen molar-refractivity contribution in [1.82, 2.24) is 15.3 Å². The van der Waals surface area contributed by atoms with Gasteiger partial charge >= 0.3 is 0 Å². The summed E-state index contributed by atoms with van der Waals surface area (Å²) in [5.41, 5.74) is 3.45. The first-order chi connectivity index (χ1) is 10.2. The van der Waals surface area contributed by atoms with Gasteiger partial charge in [0.25, 0.3) is 5.91 Å². The zero-order valence-corrected chi connectivity index (χ0v) is 13.1. The zero-order valence-electron chi connectivity index (χ0n) is 11.4. The predicted octanol–water partition coefficient (Wildman–Crippen LogP) is 2.90. The van der Waals surface area contributed by atoms with Crippen LogP contribution in [0.4, 0.5) is 5.13 Å². The molecule has 5 nitrogen and oxygen atoms in total. The van der Waals surface area contributed by atoms with Crippen molar-refractivity contribution in [1.29, 1.82) is 0 Å². The Kier molecular flexibility index (Phi) is 4.12. The molecule has 0 aliphatic rings. The molecule has 0 aliphatic heterocycles. The second-order valence-electron chi connectivity index (χ2n) is 4.44. The van der Waals surface area contributed by atoms with Crippen LogP contribution in [0, 0.1) is 6.92 Å². The van der Waals surface area contributed by atoms with Crippen molar-refractivity contribution in [3.05, 3.63) is 40.3 Å². The summed E-state index contributed by atoms with van der Waals surface area (Å²) in [5.74, 6) is -0.0684. The SMILES string of the molecule is Cc1ncsc1C(=O)NCCNc1nc2ccccc2s1. The number of para-hydroxylation sites is 1. The molecule has 2 N–H and O–H groups in total. The van der Waals surface area contributed by atoms with Crippen molar-refractivity contribution >= 4 is 43.9 Å². The molecule has 0 unspecified atom stereocenters. The van der Waals surface area contributed by atoms with Crippen LogP contribution in [-0.4, -0.2) is 29.0 Å². The largest absolute Gasteiger partial charge is 0.360 e. The lowest BCUT2D eigenvalue weighted by molar-refractivity contribution is 0.0958. The molecule has 3 rings (SSSR count). The van der Waals surface area contributed by atoms with Crippen LogP contribution in [0.15, 0.2) is 29.8 Å². The summed E-state index contributed by atoms with van der Waals surface area (Å²) in [6, 6.07) is 8.02. The van der Waals surface area contributed by atoms with E-state index in [-0.39, 0.29) is 5.91 Å². The summed E-state index contributed by atoms with van der Waals surface area (Å²) < 4.78 is 1.16. The van der Waals surface area contributed by atoms with Crippen LogP contribution in [0.3, 0.4) is 0 Å². The molecule has 2 heterocycles. The maximum absolute atomic E-state index is 11.9. The van der Waals surface area contributed by atoms with E-state index >= 15 is 0 Å². The van der Waals surface area contributed by atoms with Gasteiger partial charge < -0.3 is 10.6 Å². The molecule has 0 saturated carbocycles. The average Bonchev–Trinajstić information content (AvgIpc) is 3.08. The minimum Gasteiger partial charge on any atom is -0.360 e. The fourth-order valence-electron chi connectivity index (χ4n) is 1.89. The van der Waals surface area contributed by atoms with Crippen LogP contribution in [0.25, 0.3) is 10.2 Å². The van der Waals surface area contributed by atoms with Crippen LogP contribution in [-0.2, 0) is 0 Å². The van der Waals surface area contributed by atoms with Crippen LogP contribution in [0.1, 0.15) is 15.4 Å². The molecule has 0 fully saturated rings. The van der Waals surface area contributed by atoms with Crippen molar-refractivity contribution in [3.8, 4) is 0 Å². The van der Waals surface area contributed by atoms with Gasteiger partial charge in [-0.3, -0.25) is 4.79 Å². The van der Waals surface area contributed by atoms with E-state index in [0.717, 1.165) is 21.0 Å². The topological polar surface area (TPSA) is 66.9 Å². The van der Waals surface area contributed by atoms with E-state index in [0.29, 0.717) is 18.0 Å². The third-order valence-electron chi connectivity index (χ3n) is 2.93. The number of thiazole rings is 2. The Labute approximate surface area is 130 Å². The lowest BCUT2D eigenvalue weighted by Crippen LogP contribution is -2.28. The maximum atomic E-state index is 11.9. The lowest BCUT2D eigenvalue weighted by Gasteiger charge is -2.04. The number of nitrogens with zero attached hydrogens (tertiary/aromatic N) is 2. The fourth-order valence-corrected chi connectivity index (χ4v) is 3.50. The molecule has 21 heavy (non-hydrogen) atoms. The highest BCUT2D eigenvalue weighted by molar-refractivity contribution is 7.22. The van der Waals surface area contributed by atoms with Gasteiger partial charge in [-0.2, -0.15) is 0 Å². The number of anilines is 1. The molecule has 1 aromatic carbocycles. The number of aromatic nitrogens is 2. The van der Waals surface area contributed by atoms with E-state index in [4.69, 9.17) is 0 Å². The van der Waals surface area contributed by atoms with Gasteiger partial charge in [0, 0.05) is 13.1 Å². The van der Waals surface area contributed by atoms with Crippen LogP contribution < -0.4 is 10.6 Å². The average molecular weight is 318 g/mol. The van der Waals surface area contributed by atoms with Gasteiger partial charge in [-0.05, 0) is 19.1 Å². The van der Waals surface area contributed by atoms with Gasteiger partial charge in [0.15, 0.2) is 5.13 Å². The molecular formula is C14H14N4OS2. The molecule has 0 radical (unpaired) electrons. The molecule has 2 aromatic heterocycles. The number of carbonyl (C=O) groups is 1. The van der Waals surface area contributed by atoms with Gasteiger partial charge in [0.1, 0.15) is 4.88 Å². The van der Waals surface area contributed by atoms with E-state index < -0.39 is 0 Å². The van der Waals surface area contributed by atoms with E-state index in [1.54, 1.807) is 16.8 Å². The molecular weight excluding hydrogens is 304 g/mol. The van der Waals surface area contributed by atoms with Crippen LogP contribution >= 0.6 is 22.7 Å². The number of amides is 1. The quantitative estimate of drug-likeness (QED) is 0.710. The van der Waals surface area contributed by atoms with Gasteiger partial charge in [0.05, 0.1) is 21.4 Å². The Morgan fingerprint density at radius 3 is 2.90 bits per heavy atom. The van der Waals surface area contributed by atoms with Gasteiger partial charge in [-0.25, -0.2) is 9.97 Å². The Balaban J connectivity index is 1.50. The summed E-state index contributed by atoms with van der Waals surface area (Å²) >= 11 is 2.97. The maximum Gasteiger partial charge on any atom is 0.263 e. The summed E-state index contributed by atoms with van der Waals surface area (Å²) in [5, 5.41) is 6.98. The van der Waals surface area contributed by atoms with Gasteiger partial charge in [-0.1, -0.05) is 23.5 Å². The number of rotatable bonds is 5. The number of hydrogen-bond donors (Lipinski definition) is 2. The second-order valence-corrected chi connectivity index (χ2v) is 6.32. The highest BCUT2D eigenvalue weighted by atomic mass is 32.1. The molecule has 108 valence electrons. The summed E-state index contributed by atoms with van der Waals surface area (Å²) in [4.78, 5) is 21.1. The van der Waals surface area contributed by atoms with Crippen molar-refractivity contribution in [3.63, 3.8) is 0 Å². The number of nitrogens with one attached hydrogen (secondary N) is 2. The fraction of sp³-hybridized carbons (Fsp3) is 0.214. The Morgan fingerprint density at radius 2 is 2.14 bits per heavy atom. The van der Waals surface area contributed by atoms with Crippen molar-refractivity contribution in [2.45, 2.75) is 6.92 Å². The Bertz CT molecular complexity index is 732. The standard InChI is InChI=1S/C14H14N4OS2/c1-9-12(20-8-17-9)13(19)15-6-7-16-14-18-10-4-2-3-5-11(10)21-14/h2-5,8H,6-7H2,1H3,(H,15,19)(H,16,18). The molecule has 0 atom stereocenters. The second kappa shape index (κ2) is 6.19. The van der Waals surface area contributed by atoms with E-state index in [1.807, 2.05) is 31.2 Å². The smallest absolute Gasteiger partial charge is 0.263 e. The predicted molar refractivity (Wildman–Crippen MR) is 87.3 cm³/mol. The van der Waals surface area contributed by atoms with E-state index in [9.17, 15) is 4.79 Å². The lowest BCUT2D eigenvalue weighted by atomic mass is 10.3. The molecule has 1 amide bonds. The molecule has 3 aromatic rings. The molecule has 0 saturated heterocycles. The first-order valence-electron chi connectivity index (χ1n) is 6.52. The first-order valence-corrected chi connectivity index (χ1v) is 8.21. The molecule has 0 spiro atoms. The number of fused-ring (bicyclic) bond motifs is 1. The zero-order chi connectivity index (χ0) is 14.7. The van der Waals surface area contributed by atoms with Crippen molar-refractivity contribution in [2.75, 3.05) is 18.4 Å². The number of carbonyl (C=O) groups excluding carboxylic acids is 1. The molecule has 0 bridgehead atoms. The normalized spacial score (nSPS) is 10.7. The first kappa shape index (κ1) is 14.0. The number of benzene rings is 1. The monoisotopic (exact) mass is 318 g/mol. The van der Waals surface area contributed by atoms with E-state index in [1.165, 1.54) is 11.3 Å². The third-order valence-corrected chi connectivity index (χ3v) is 4.85. The van der Waals surface area contributed by atoms with Crippen LogP contribution in [0.2, 0.25) is 0 Å². The van der Waals surface area contributed by atoms with E-state index in [2.05, 4.69) is 20.6 Å². The highest BCUT2D eigenvalue weighted by Gasteiger charge is 2.10. The Morgan fingerprint density at radius 1 is 1.29 bits per heavy atom. The summed E-state index contributed by atoms with van der Waals surface area (Å²) in [7, 11) is 0. The number of hydrogen-bond acceptors (Lipinski definition) is 6.